The summed E-state index contributed by atoms with van der Waals surface area (Å²) >= 11 is 0. The van der Waals surface area contributed by atoms with Crippen molar-refractivity contribution in [2.45, 2.75) is 12.5 Å². The van der Waals surface area contributed by atoms with Crippen LogP contribution >= 0.6 is 0 Å². The lowest BCUT2D eigenvalue weighted by Gasteiger charge is -2.08. The van der Waals surface area contributed by atoms with Crippen molar-refractivity contribution in [3.8, 4) is 0 Å². The van der Waals surface area contributed by atoms with Crippen LogP contribution in [0.1, 0.15) is 17.2 Å². The minimum Gasteiger partial charge on any atom is -0.344 e. The summed E-state index contributed by atoms with van der Waals surface area (Å²) in [6, 6.07) is 12.1. The van der Waals surface area contributed by atoms with Gasteiger partial charge >= 0.3 is 0 Å². The first kappa shape index (κ1) is 13.9. The van der Waals surface area contributed by atoms with Crippen molar-refractivity contribution >= 4 is 23.3 Å². The van der Waals surface area contributed by atoms with Gasteiger partial charge in [-0.2, -0.15) is 0 Å². The van der Waals surface area contributed by atoms with Gasteiger partial charge in [0.1, 0.15) is 5.92 Å². The van der Waals surface area contributed by atoms with Crippen molar-refractivity contribution in [2.24, 2.45) is 0 Å². The van der Waals surface area contributed by atoms with Gasteiger partial charge in [-0.05, 0) is 23.8 Å². The number of pyridine rings is 1. The minimum absolute atomic E-state index is 0.140. The highest BCUT2D eigenvalue weighted by Gasteiger charge is 2.39. The van der Waals surface area contributed by atoms with E-state index in [1.54, 1.807) is 48.7 Å². The van der Waals surface area contributed by atoms with E-state index in [2.05, 4.69) is 15.6 Å². The number of hydrogen-bond acceptors (Lipinski definition) is 4. The molecule has 2 amide bonds. The van der Waals surface area contributed by atoms with Gasteiger partial charge in [-0.3, -0.25) is 19.4 Å². The molecule has 2 aromatic rings. The van der Waals surface area contributed by atoms with Crippen LogP contribution in [-0.2, 0) is 20.9 Å². The van der Waals surface area contributed by atoms with Crippen LogP contribution in [0.15, 0.2) is 48.7 Å². The number of anilines is 1. The van der Waals surface area contributed by atoms with E-state index in [0.29, 0.717) is 16.9 Å². The quantitative estimate of drug-likeness (QED) is 0.650. The first-order valence-corrected chi connectivity index (χ1v) is 6.78. The highest BCUT2D eigenvalue weighted by molar-refractivity contribution is 6.44. The summed E-state index contributed by atoms with van der Waals surface area (Å²) < 4.78 is 0. The maximum Gasteiger partial charge on any atom is 0.288 e. The molecule has 6 heteroatoms. The molecule has 0 spiro atoms. The number of nitrogens with zero attached hydrogens (tertiary/aromatic N) is 1. The molecule has 2 N–H and O–H groups in total. The smallest absolute Gasteiger partial charge is 0.288 e. The monoisotopic (exact) mass is 295 g/mol. The minimum atomic E-state index is -1.08. The summed E-state index contributed by atoms with van der Waals surface area (Å²) in [5.41, 5.74) is 1.74. The molecule has 1 atom stereocenters. The van der Waals surface area contributed by atoms with Crippen LogP contribution in [0.4, 0.5) is 5.69 Å². The second kappa shape index (κ2) is 5.77. The van der Waals surface area contributed by atoms with Crippen LogP contribution in [0.5, 0.6) is 0 Å². The van der Waals surface area contributed by atoms with Crippen molar-refractivity contribution in [3.05, 3.63) is 59.9 Å². The number of carbonyl (C=O) groups is 3. The molecule has 0 saturated heterocycles. The van der Waals surface area contributed by atoms with Gasteiger partial charge in [0.15, 0.2) is 0 Å². The fourth-order valence-electron chi connectivity index (χ4n) is 2.36. The van der Waals surface area contributed by atoms with Gasteiger partial charge in [0.2, 0.25) is 11.7 Å². The van der Waals surface area contributed by atoms with Crippen molar-refractivity contribution in [1.82, 2.24) is 10.3 Å². The number of amides is 2. The molecule has 0 saturated carbocycles. The maximum atomic E-state index is 12.2. The Kier molecular flexibility index (Phi) is 3.65. The Labute approximate surface area is 126 Å². The second-order valence-electron chi connectivity index (χ2n) is 4.88. The SMILES string of the molecule is O=C(NCc1ccccn1)C(=O)[C@H]1C(=O)Nc2ccccc21. The zero-order valence-electron chi connectivity index (χ0n) is 11.6. The molecule has 110 valence electrons. The highest BCUT2D eigenvalue weighted by atomic mass is 16.2. The third-order valence-corrected chi connectivity index (χ3v) is 3.43. The van der Waals surface area contributed by atoms with Gasteiger partial charge in [-0.25, -0.2) is 0 Å². The number of hydrogen-bond donors (Lipinski definition) is 2. The molecule has 2 heterocycles. The van der Waals surface area contributed by atoms with E-state index in [9.17, 15) is 14.4 Å². The lowest BCUT2D eigenvalue weighted by Crippen LogP contribution is -2.36. The van der Waals surface area contributed by atoms with Gasteiger partial charge in [0.25, 0.3) is 5.91 Å². The molecular weight excluding hydrogens is 282 g/mol. The fourth-order valence-corrected chi connectivity index (χ4v) is 2.36. The fraction of sp³-hybridized carbons (Fsp3) is 0.125. The highest BCUT2D eigenvalue weighted by Crippen LogP contribution is 2.32. The molecule has 3 rings (SSSR count). The number of para-hydroxylation sites is 1. The van der Waals surface area contributed by atoms with Gasteiger partial charge in [-0.1, -0.05) is 24.3 Å². The van der Waals surface area contributed by atoms with Crippen LogP contribution in [0.25, 0.3) is 0 Å². The maximum absolute atomic E-state index is 12.2. The van der Waals surface area contributed by atoms with E-state index >= 15 is 0 Å². The Balaban J connectivity index is 1.71. The third kappa shape index (κ3) is 2.58. The van der Waals surface area contributed by atoms with Gasteiger partial charge in [0, 0.05) is 11.9 Å². The summed E-state index contributed by atoms with van der Waals surface area (Å²) in [7, 11) is 0. The Morgan fingerprint density at radius 1 is 1.14 bits per heavy atom. The Bertz CT molecular complexity index is 743. The van der Waals surface area contributed by atoms with Crippen molar-refractivity contribution in [3.63, 3.8) is 0 Å². The summed E-state index contributed by atoms with van der Waals surface area (Å²) in [6.07, 6.45) is 1.60. The van der Waals surface area contributed by atoms with Crippen molar-refractivity contribution < 1.29 is 14.4 Å². The Morgan fingerprint density at radius 3 is 2.68 bits per heavy atom. The normalized spacial score (nSPS) is 15.8. The number of aromatic nitrogens is 1. The number of nitrogens with one attached hydrogen (secondary N) is 2. The molecule has 1 aliphatic rings. The topological polar surface area (TPSA) is 88.2 Å². The van der Waals surface area contributed by atoms with E-state index in [4.69, 9.17) is 0 Å². The van der Waals surface area contributed by atoms with E-state index in [1.807, 2.05) is 0 Å². The number of fused-ring (bicyclic) bond motifs is 1. The number of benzene rings is 1. The van der Waals surface area contributed by atoms with Gasteiger partial charge in [0.05, 0.1) is 12.2 Å². The zero-order chi connectivity index (χ0) is 15.5. The van der Waals surface area contributed by atoms with E-state index in [0.717, 1.165) is 0 Å². The first-order chi connectivity index (χ1) is 10.7. The van der Waals surface area contributed by atoms with E-state index in [-0.39, 0.29) is 6.54 Å². The molecule has 22 heavy (non-hydrogen) atoms. The molecular formula is C16H13N3O3. The van der Waals surface area contributed by atoms with E-state index < -0.39 is 23.5 Å². The van der Waals surface area contributed by atoms with E-state index in [1.165, 1.54) is 0 Å². The predicted octanol–water partition coefficient (Wildman–Crippen LogP) is 1.00. The zero-order valence-corrected chi connectivity index (χ0v) is 11.6. The first-order valence-electron chi connectivity index (χ1n) is 6.78. The summed E-state index contributed by atoms with van der Waals surface area (Å²) in [5.74, 6) is -3.11. The van der Waals surface area contributed by atoms with Crippen LogP contribution < -0.4 is 10.6 Å². The Morgan fingerprint density at radius 2 is 1.91 bits per heavy atom. The largest absolute Gasteiger partial charge is 0.344 e. The lowest BCUT2D eigenvalue weighted by atomic mass is 9.95. The van der Waals surface area contributed by atoms with Gasteiger partial charge < -0.3 is 10.6 Å². The standard InChI is InChI=1S/C16H13N3O3/c20-14(16(22)18-9-10-5-3-4-8-17-10)13-11-6-1-2-7-12(11)19-15(13)21/h1-8,13H,9H2,(H,18,22)(H,19,21)/t13-/m0/s1. The third-order valence-electron chi connectivity index (χ3n) is 3.43. The number of carbonyl (C=O) groups excluding carboxylic acids is 3. The molecule has 0 fully saturated rings. The second-order valence-corrected chi connectivity index (χ2v) is 4.88. The number of rotatable bonds is 4. The molecule has 6 nitrogen and oxygen atoms in total. The molecule has 1 aliphatic heterocycles. The Hall–Kier alpha value is -3.02. The van der Waals surface area contributed by atoms with Crippen LogP contribution in [-0.4, -0.2) is 22.6 Å². The lowest BCUT2D eigenvalue weighted by molar-refractivity contribution is -0.140. The van der Waals surface area contributed by atoms with Crippen molar-refractivity contribution in [1.29, 1.82) is 0 Å². The van der Waals surface area contributed by atoms with Crippen LogP contribution in [0.2, 0.25) is 0 Å². The average molecular weight is 295 g/mol. The molecule has 0 aliphatic carbocycles. The molecule has 0 bridgehead atoms. The van der Waals surface area contributed by atoms with Gasteiger partial charge in [-0.15, -0.1) is 0 Å². The average Bonchev–Trinajstić information content (AvgIpc) is 2.88. The number of Topliss-reactive ketones (excluding diaryl/α,β-unsaturated/α-hetero) is 1. The number of ketones is 1. The van der Waals surface area contributed by atoms with Crippen LogP contribution in [0, 0.1) is 0 Å². The summed E-state index contributed by atoms with van der Waals surface area (Å²) in [4.78, 5) is 40.2. The summed E-state index contributed by atoms with van der Waals surface area (Å²) in [6.45, 7) is 0.140. The molecule has 1 aromatic carbocycles. The summed E-state index contributed by atoms with van der Waals surface area (Å²) in [5, 5.41) is 5.10. The van der Waals surface area contributed by atoms with Crippen molar-refractivity contribution in [2.75, 3.05) is 5.32 Å². The molecule has 0 unspecified atom stereocenters. The molecule has 1 aromatic heterocycles. The molecule has 0 radical (unpaired) electrons. The predicted molar refractivity (Wildman–Crippen MR) is 78.9 cm³/mol. The van der Waals surface area contributed by atoms with Crippen LogP contribution in [0.3, 0.4) is 0 Å².